The maximum Gasteiger partial charge on any atom is 0.344 e. The molecule has 0 aromatic heterocycles. The van der Waals surface area contributed by atoms with Crippen LogP contribution in [0.15, 0.2) is 17.6 Å². The van der Waals surface area contributed by atoms with E-state index in [-0.39, 0.29) is 12.2 Å². The van der Waals surface area contributed by atoms with Crippen LogP contribution in [-0.2, 0) is 14.3 Å². The number of hydrogen-bond acceptors (Lipinski definition) is 7. The van der Waals surface area contributed by atoms with Gasteiger partial charge in [0.15, 0.2) is 12.0 Å². The van der Waals surface area contributed by atoms with E-state index in [9.17, 15) is 25.2 Å². The van der Waals surface area contributed by atoms with E-state index in [1.165, 1.54) is 6.92 Å². The van der Waals surface area contributed by atoms with Crippen LogP contribution in [0.1, 0.15) is 13.3 Å². The van der Waals surface area contributed by atoms with Gasteiger partial charge in [-0.05, 0) is 6.92 Å². The van der Waals surface area contributed by atoms with Crippen molar-refractivity contribution in [3.05, 3.63) is 17.6 Å². The predicted molar refractivity (Wildman–Crippen MR) is 55.8 cm³/mol. The lowest BCUT2D eigenvalue weighted by molar-refractivity contribution is -0.315. The van der Waals surface area contributed by atoms with Crippen LogP contribution in [0.3, 0.4) is 0 Å². The lowest BCUT2D eigenvalue weighted by Crippen LogP contribution is -2.63. The van der Waals surface area contributed by atoms with Crippen molar-refractivity contribution in [2.75, 3.05) is 0 Å². The Labute approximate surface area is 103 Å². The Bertz CT molecular complexity index is 425. The second-order valence-corrected chi connectivity index (χ2v) is 4.56. The molecule has 0 aromatic carbocycles. The first-order chi connectivity index (χ1) is 8.33. The largest absolute Gasteiger partial charge is 0.419 e. The van der Waals surface area contributed by atoms with Gasteiger partial charge in [-0.1, -0.05) is 5.73 Å². The number of cyclic esters (lactones) is 1. The minimum absolute atomic E-state index is 0.0722. The van der Waals surface area contributed by atoms with Gasteiger partial charge in [0.05, 0.1) is 6.08 Å². The van der Waals surface area contributed by atoms with Gasteiger partial charge < -0.3 is 29.9 Å². The van der Waals surface area contributed by atoms with Crippen molar-refractivity contribution in [2.45, 2.75) is 43.5 Å². The van der Waals surface area contributed by atoms with E-state index < -0.39 is 36.2 Å². The molecule has 0 radical (unpaired) electrons. The highest BCUT2D eigenvalue weighted by molar-refractivity contribution is 5.84. The molecular formula is C11H14O7. The second kappa shape index (κ2) is 4.47. The van der Waals surface area contributed by atoms with Crippen molar-refractivity contribution in [3.8, 4) is 0 Å². The molecule has 7 heteroatoms. The number of ether oxygens (including phenoxy) is 2. The first-order valence-corrected chi connectivity index (χ1v) is 5.41. The monoisotopic (exact) mass is 258 g/mol. The molecule has 18 heavy (non-hydrogen) atoms. The van der Waals surface area contributed by atoms with Crippen LogP contribution in [0.2, 0.25) is 0 Å². The molecular weight excluding hydrogens is 244 g/mol. The van der Waals surface area contributed by atoms with Gasteiger partial charge in [-0.15, -0.1) is 0 Å². The molecule has 0 saturated carbocycles. The van der Waals surface area contributed by atoms with Gasteiger partial charge in [-0.2, -0.15) is 0 Å². The first kappa shape index (κ1) is 13.2. The number of hydrogen-bond donors (Lipinski definition) is 4. The average molecular weight is 258 g/mol. The quantitative estimate of drug-likeness (QED) is 0.340. The summed E-state index contributed by atoms with van der Waals surface area (Å²) in [5.41, 5.74) is 1.15. The summed E-state index contributed by atoms with van der Waals surface area (Å²) < 4.78 is 9.86. The smallest absolute Gasteiger partial charge is 0.344 e. The minimum Gasteiger partial charge on any atom is -0.419 e. The molecule has 1 saturated heterocycles. The molecule has 0 bridgehead atoms. The van der Waals surface area contributed by atoms with Crippen molar-refractivity contribution >= 4 is 5.97 Å². The summed E-state index contributed by atoms with van der Waals surface area (Å²) in [5, 5.41) is 38.3. The SMILES string of the molecule is C[C@@]1(CC2=C=CC(=O)O2)OC(O)[C@@H](O)[C@@H](O)[C@@H]1O. The third kappa shape index (κ3) is 2.20. The van der Waals surface area contributed by atoms with Crippen molar-refractivity contribution in [1.29, 1.82) is 0 Å². The number of aliphatic hydroxyl groups is 4. The third-order valence-corrected chi connectivity index (χ3v) is 3.07. The normalized spacial score (nSPS) is 43.8. The molecule has 1 fully saturated rings. The van der Waals surface area contributed by atoms with Gasteiger partial charge in [0, 0.05) is 6.42 Å². The summed E-state index contributed by atoms with van der Waals surface area (Å²) in [6.07, 6.45) is -5.20. The molecule has 2 heterocycles. The van der Waals surface area contributed by atoms with Crippen LogP contribution in [-0.4, -0.2) is 56.6 Å². The van der Waals surface area contributed by atoms with E-state index in [0.29, 0.717) is 0 Å². The topological polar surface area (TPSA) is 116 Å². The maximum atomic E-state index is 10.9. The lowest BCUT2D eigenvalue weighted by Gasteiger charge is -2.45. The van der Waals surface area contributed by atoms with E-state index in [1.54, 1.807) is 0 Å². The zero-order valence-corrected chi connectivity index (χ0v) is 9.61. The summed E-state index contributed by atoms with van der Waals surface area (Å²) >= 11 is 0. The molecule has 7 nitrogen and oxygen atoms in total. The van der Waals surface area contributed by atoms with Crippen molar-refractivity contribution < 1.29 is 34.7 Å². The fourth-order valence-corrected chi connectivity index (χ4v) is 2.00. The Morgan fingerprint density at radius 3 is 2.56 bits per heavy atom. The number of carbonyl (C=O) groups excluding carboxylic acids is 1. The van der Waals surface area contributed by atoms with Gasteiger partial charge in [-0.25, -0.2) is 4.79 Å². The highest BCUT2D eigenvalue weighted by atomic mass is 16.6. The summed E-state index contributed by atoms with van der Waals surface area (Å²) in [6.45, 7) is 1.43. The van der Waals surface area contributed by atoms with Crippen molar-refractivity contribution in [3.63, 3.8) is 0 Å². The molecule has 2 aliphatic rings. The Balaban J connectivity index is 2.15. The summed E-state index contributed by atoms with van der Waals surface area (Å²) in [7, 11) is 0. The molecule has 2 rings (SSSR count). The van der Waals surface area contributed by atoms with E-state index >= 15 is 0 Å². The Morgan fingerprint density at radius 2 is 2.00 bits per heavy atom. The van der Waals surface area contributed by atoms with Gasteiger partial charge in [-0.3, -0.25) is 0 Å². The highest BCUT2D eigenvalue weighted by Crippen LogP contribution is 2.34. The zero-order chi connectivity index (χ0) is 13.5. The predicted octanol–water partition coefficient (Wildman–Crippen LogP) is -1.84. The second-order valence-electron chi connectivity index (χ2n) is 4.56. The van der Waals surface area contributed by atoms with Crippen LogP contribution in [0.25, 0.3) is 0 Å². The fourth-order valence-electron chi connectivity index (χ4n) is 2.00. The molecule has 0 amide bonds. The Hall–Kier alpha value is -1.21. The third-order valence-electron chi connectivity index (χ3n) is 3.07. The van der Waals surface area contributed by atoms with Crippen LogP contribution >= 0.6 is 0 Å². The van der Waals surface area contributed by atoms with Crippen LogP contribution in [0, 0.1) is 0 Å². The van der Waals surface area contributed by atoms with Crippen molar-refractivity contribution in [1.82, 2.24) is 0 Å². The number of esters is 1. The maximum absolute atomic E-state index is 10.9. The first-order valence-electron chi connectivity index (χ1n) is 5.41. The lowest BCUT2D eigenvalue weighted by atomic mass is 9.85. The van der Waals surface area contributed by atoms with E-state index in [2.05, 4.69) is 5.73 Å². The molecule has 0 aliphatic carbocycles. The van der Waals surface area contributed by atoms with Crippen molar-refractivity contribution in [2.24, 2.45) is 0 Å². The molecule has 0 aromatic rings. The average Bonchev–Trinajstić information content (AvgIpc) is 2.69. The molecule has 2 aliphatic heterocycles. The molecule has 5 atom stereocenters. The number of carbonyl (C=O) groups is 1. The van der Waals surface area contributed by atoms with E-state index in [0.717, 1.165) is 6.08 Å². The number of aliphatic hydroxyl groups excluding tert-OH is 4. The Kier molecular flexibility index (Phi) is 3.29. The van der Waals surface area contributed by atoms with E-state index in [4.69, 9.17) is 9.47 Å². The molecule has 100 valence electrons. The van der Waals surface area contributed by atoms with Crippen LogP contribution < -0.4 is 0 Å². The van der Waals surface area contributed by atoms with E-state index in [1.807, 2.05) is 0 Å². The summed E-state index contributed by atoms with van der Waals surface area (Å²) in [5.74, 6) is -0.447. The number of rotatable bonds is 2. The standard InChI is InChI=1S/C11H14O7/c1-11(4-5-2-3-6(12)17-5)9(15)7(13)8(14)10(16)18-11/h3,7-10,13-16H,4H2,1H3/t7-,8+,9+,10?,11+/m1/s1. The molecule has 4 N–H and O–H groups in total. The summed E-state index contributed by atoms with van der Waals surface area (Å²) in [6, 6.07) is 0. The van der Waals surface area contributed by atoms with Gasteiger partial charge in [0.25, 0.3) is 0 Å². The Morgan fingerprint density at radius 1 is 1.33 bits per heavy atom. The van der Waals surface area contributed by atoms with Gasteiger partial charge in [0.2, 0.25) is 0 Å². The van der Waals surface area contributed by atoms with Gasteiger partial charge in [0.1, 0.15) is 23.9 Å². The summed E-state index contributed by atoms with van der Waals surface area (Å²) in [4.78, 5) is 10.9. The molecule has 0 spiro atoms. The van der Waals surface area contributed by atoms with Crippen LogP contribution in [0.5, 0.6) is 0 Å². The fraction of sp³-hybridized carbons (Fsp3) is 0.636. The molecule has 1 unspecified atom stereocenters. The highest BCUT2D eigenvalue weighted by Gasteiger charge is 2.51. The minimum atomic E-state index is -1.63. The van der Waals surface area contributed by atoms with Crippen LogP contribution in [0.4, 0.5) is 0 Å². The van der Waals surface area contributed by atoms with Gasteiger partial charge >= 0.3 is 5.97 Å². The zero-order valence-electron chi connectivity index (χ0n) is 9.61.